The highest BCUT2D eigenvalue weighted by molar-refractivity contribution is 6.58. The quantitative estimate of drug-likeness (QED) is 0.723. The van der Waals surface area contributed by atoms with Crippen molar-refractivity contribution in [1.82, 2.24) is 4.90 Å². The molecule has 1 saturated heterocycles. The number of amides is 2. The molecule has 5 heteroatoms. The van der Waals surface area contributed by atoms with Crippen molar-refractivity contribution in [2.75, 3.05) is 6.61 Å². The lowest BCUT2D eigenvalue weighted by Gasteiger charge is -2.20. The summed E-state index contributed by atoms with van der Waals surface area (Å²) in [5.74, 6) is -0.824. The second-order valence-corrected chi connectivity index (χ2v) is 3.69. The fourth-order valence-electron chi connectivity index (χ4n) is 1.77. The lowest BCUT2D eigenvalue weighted by molar-refractivity contribution is 0.163. The number of cyclic esters (lactones) is 1. The van der Waals surface area contributed by atoms with Gasteiger partial charge in [0.15, 0.2) is 5.81 Å². The summed E-state index contributed by atoms with van der Waals surface area (Å²) in [7, 11) is 5.14. The van der Waals surface area contributed by atoms with Gasteiger partial charge in [0, 0.05) is 0 Å². The van der Waals surface area contributed by atoms with Crippen molar-refractivity contribution in [3.05, 3.63) is 42.5 Å². The third-order valence-corrected chi connectivity index (χ3v) is 2.66. The Hall–Kier alpha value is -2.04. The molecule has 0 aliphatic carbocycles. The highest BCUT2D eigenvalue weighted by Gasteiger charge is 2.37. The molecule has 1 fully saturated rings. The summed E-state index contributed by atoms with van der Waals surface area (Å²) in [6.07, 6.45) is -0.723. The van der Waals surface area contributed by atoms with Crippen LogP contribution in [0, 0.1) is 0 Å². The lowest BCUT2D eigenvalue weighted by Crippen LogP contribution is -2.38. The minimum atomic E-state index is -0.824. The van der Waals surface area contributed by atoms with Gasteiger partial charge in [0.2, 0.25) is 7.85 Å². The van der Waals surface area contributed by atoms with E-state index in [1.165, 1.54) is 0 Å². The molecule has 0 N–H and O–H groups in total. The molecule has 2 amide bonds. The molecule has 1 unspecified atom stereocenters. The Balaban J connectivity index is 2.26. The van der Waals surface area contributed by atoms with Gasteiger partial charge in [-0.15, -0.1) is 0 Å². The summed E-state index contributed by atoms with van der Waals surface area (Å²) in [4.78, 5) is 23.4. The Labute approximate surface area is 100 Å². The minimum Gasteiger partial charge on any atom is -0.447 e. The first-order valence-corrected chi connectivity index (χ1v) is 5.11. The van der Waals surface area contributed by atoms with E-state index in [-0.39, 0.29) is 6.61 Å². The van der Waals surface area contributed by atoms with E-state index in [0.29, 0.717) is 5.57 Å². The number of imide groups is 1. The van der Waals surface area contributed by atoms with Crippen LogP contribution in [-0.4, -0.2) is 37.3 Å². The van der Waals surface area contributed by atoms with Crippen LogP contribution in [0.15, 0.2) is 36.9 Å². The molecule has 1 heterocycles. The van der Waals surface area contributed by atoms with Gasteiger partial charge < -0.3 is 4.74 Å². The zero-order chi connectivity index (χ0) is 12.4. The predicted octanol–water partition coefficient (Wildman–Crippen LogP) is 1.81. The summed E-state index contributed by atoms with van der Waals surface area (Å²) in [6.45, 7) is 3.99. The van der Waals surface area contributed by atoms with Crippen LogP contribution < -0.4 is 0 Å². The molecular formula is C12H10BNO3. The van der Waals surface area contributed by atoms with Crippen LogP contribution in [0.4, 0.5) is 9.59 Å². The minimum absolute atomic E-state index is 0.0928. The molecule has 1 aliphatic heterocycles. The molecule has 0 bridgehead atoms. The number of hydrogen-bond acceptors (Lipinski definition) is 3. The standard InChI is InChI=1S/C12H10BNO3/c1-8(9-5-3-2-4-6-9)10-7-17-12(16)14(10)11(13)15/h2-6,10H,1,7H2. The third kappa shape index (κ3) is 2.09. The Bertz CT molecular complexity index is 472. The molecule has 84 valence electrons. The second kappa shape index (κ2) is 4.45. The maximum Gasteiger partial charge on any atom is 0.416 e. The maximum absolute atomic E-state index is 11.3. The van der Waals surface area contributed by atoms with Gasteiger partial charge in [0.1, 0.15) is 12.6 Å². The molecule has 0 spiro atoms. The lowest BCUT2D eigenvalue weighted by atomic mass is 9.98. The van der Waals surface area contributed by atoms with Crippen LogP contribution >= 0.6 is 0 Å². The van der Waals surface area contributed by atoms with E-state index in [0.717, 1.165) is 10.5 Å². The molecule has 0 saturated carbocycles. The summed E-state index contributed by atoms with van der Waals surface area (Å²) < 4.78 is 4.81. The second-order valence-electron chi connectivity index (χ2n) is 3.69. The summed E-state index contributed by atoms with van der Waals surface area (Å²) in [5.41, 5.74) is 1.48. The van der Waals surface area contributed by atoms with Crippen LogP contribution in [-0.2, 0) is 4.74 Å². The highest BCUT2D eigenvalue weighted by atomic mass is 16.6. The van der Waals surface area contributed by atoms with E-state index in [4.69, 9.17) is 12.6 Å². The van der Waals surface area contributed by atoms with E-state index in [1.807, 2.05) is 30.3 Å². The van der Waals surface area contributed by atoms with Crippen molar-refractivity contribution in [1.29, 1.82) is 0 Å². The maximum atomic E-state index is 11.3. The normalized spacial score (nSPS) is 18.9. The van der Waals surface area contributed by atoms with E-state index in [9.17, 15) is 9.59 Å². The van der Waals surface area contributed by atoms with Crippen molar-refractivity contribution in [2.45, 2.75) is 6.04 Å². The molecule has 2 radical (unpaired) electrons. The summed E-state index contributed by atoms with van der Waals surface area (Å²) >= 11 is 0. The van der Waals surface area contributed by atoms with Gasteiger partial charge in [-0.05, 0) is 11.1 Å². The molecule has 4 nitrogen and oxygen atoms in total. The zero-order valence-electron chi connectivity index (χ0n) is 9.13. The van der Waals surface area contributed by atoms with Gasteiger partial charge in [-0.2, -0.15) is 0 Å². The zero-order valence-corrected chi connectivity index (χ0v) is 9.13. The first kappa shape index (κ1) is 11.5. The average Bonchev–Trinajstić information content (AvgIpc) is 2.71. The van der Waals surface area contributed by atoms with Gasteiger partial charge in [0.05, 0.1) is 0 Å². The van der Waals surface area contributed by atoms with Crippen LogP contribution in [0.25, 0.3) is 5.57 Å². The van der Waals surface area contributed by atoms with E-state index in [2.05, 4.69) is 6.58 Å². The molecule has 2 rings (SSSR count). The Morgan fingerprint density at radius 2 is 2.06 bits per heavy atom. The first-order valence-electron chi connectivity index (χ1n) is 5.11. The molecule has 1 aromatic rings. The summed E-state index contributed by atoms with van der Waals surface area (Å²) in [6, 6.07) is 8.76. The third-order valence-electron chi connectivity index (χ3n) is 2.66. The van der Waals surface area contributed by atoms with Crippen molar-refractivity contribution >= 4 is 25.3 Å². The number of carbonyl (C=O) groups is 2. The number of benzene rings is 1. The number of carbonyl (C=O) groups excluding carboxylic acids is 2. The van der Waals surface area contributed by atoms with Crippen LogP contribution in [0.2, 0.25) is 0 Å². The van der Waals surface area contributed by atoms with Gasteiger partial charge in [0.25, 0.3) is 0 Å². The van der Waals surface area contributed by atoms with E-state index < -0.39 is 17.9 Å². The van der Waals surface area contributed by atoms with E-state index in [1.54, 1.807) is 0 Å². The van der Waals surface area contributed by atoms with Gasteiger partial charge in [-0.1, -0.05) is 36.9 Å². The number of nitrogens with zero attached hydrogens (tertiary/aromatic N) is 1. The van der Waals surface area contributed by atoms with Crippen molar-refractivity contribution in [3.8, 4) is 0 Å². The van der Waals surface area contributed by atoms with Crippen molar-refractivity contribution in [3.63, 3.8) is 0 Å². The molecule has 0 aromatic heterocycles. The molecule has 1 aliphatic rings. The van der Waals surface area contributed by atoms with Crippen LogP contribution in [0.5, 0.6) is 0 Å². The largest absolute Gasteiger partial charge is 0.447 e. The van der Waals surface area contributed by atoms with Crippen molar-refractivity contribution < 1.29 is 14.3 Å². The topological polar surface area (TPSA) is 46.6 Å². The first-order chi connectivity index (χ1) is 8.11. The molecule has 17 heavy (non-hydrogen) atoms. The van der Waals surface area contributed by atoms with Crippen molar-refractivity contribution in [2.24, 2.45) is 0 Å². The molecule has 1 aromatic carbocycles. The van der Waals surface area contributed by atoms with E-state index >= 15 is 0 Å². The number of ether oxygens (including phenoxy) is 1. The monoisotopic (exact) mass is 227 g/mol. The van der Waals surface area contributed by atoms with Gasteiger partial charge in [-0.3, -0.25) is 4.79 Å². The smallest absolute Gasteiger partial charge is 0.416 e. The molecule has 1 atom stereocenters. The average molecular weight is 227 g/mol. The van der Waals surface area contributed by atoms with Crippen LogP contribution in [0.3, 0.4) is 0 Å². The predicted molar refractivity (Wildman–Crippen MR) is 63.6 cm³/mol. The van der Waals surface area contributed by atoms with Crippen LogP contribution in [0.1, 0.15) is 5.56 Å². The number of hydrogen-bond donors (Lipinski definition) is 0. The molecular weight excluding hydrogens is 217 g/mol. The number of rotatable bonds is 2. The Morgan fingerprint density at radius 1 is 1.41 bits per heavy atom. The fraction of sp³-hybridized carbons (Fsp3) is 0.167. The van der Waals surface area contributed by atoms with Gasteiger partial charge >= 0.3 is 6.09 Å². The SMILES string of the molecule is [B]C(=O)N1C(=O)OCC1C(=C)c1ccccc1. The van der Waals surface area contributed by atoms with Gasteiger partial charge in [-0.25, -0.2) is 9.69 Å². The summed E-state index contributed by atoms with van der Waals surface area (Å²) in [5, 5.41) is 0. The highest BCUT2D eigenvalue weighted by Crippen LogP contribution is 2.25. The fourth-order valence-corrected chi connectivity index (χ4v) is 1.77. The Morgan fingerprint density at radius 3 is 2.65 bits per heavy atom. The Kier molecular flexibility index (Phi) is 3.00.